The summed E-state index contributed by atoms with van der Waals surface area (Å²) in [5, 5.41) is 3.03. The van der Waals surface area contributed by atoms with Gasteiger partial charge in [-0.1, -0.05) is 54.1 Å². The number of aromatic nitrogens is 2. The molecule has 0 aliphatic heterocycles. The summed E-state index contributed by atoms with van der Waals surface area (Å²) in [6.45, 7) is 0. The van der Waals surface area contributed by atoms with E-state index in [1.807, 2.05) is 41.0 Å². The predicted molar refractivity (Wildman–Crippen MR) is 91.0 cm³/mol. The van der Waals surface area contributed by atoms with E-state index in [0.717, 1.165) is 22.1 Å². The van der Waals surface area contributed by atoms with Crippen LogP contribution in [-0.4, -0.2) is 9.55 Å². The number of benzene rings is 3. The quantitative estimate of drug-likeness (QED) is 0.461. The summed E-state index contributed by atoms with van der Waals surface area (Å²) < 4.78 is 2.69. The lowest BCUT2D eigenvalue weighted by Crippen LogP contribution is -1.95. The average Bonchev–Trinajstić information content (AvgIpc) is 2.84. The number of halogens is 1. The third kappa shape index (κ3) is 1.89. The first kappa shape index (κ1) is 12.6. The van der Waals surface area contributed by atoms with E-state index in [2.05, 4.69) is 29.2 Å². The largest absolute Gasteiger partial charge is 0.329 e. The van der Waals surface area contributed by atoms with Gasteiger partial charge < -0.3 is 4.98 Å². The second-order valence-corrected chi connectivity index (χ2v) is 5.69. The number of aromatic amines is 1. The van der Waals surface area contributed by atoms with Crippen LogP contribution in [0, 0.1) is 4.77 Å². The maximum atomic E-state index is 6.26. The fourth-order valence-electron chi connectivity index (χ4n) is 2.74. The Kier molecular flexibility index (Phi) is 2.84. The Hall–Kier alpha value is -2.10. The molecule has 4 rings (SSSR count). The number of nitrogens with one attached hydrogen (secondary N) is 1. The summed E-state index contributed by atoms with van der Waals surface area (Å²) >= 11 is 11.8. The standard InChI is InChI=1S/C17H11ClN2S/c18-13-8-4-10-15-16(13)19-17(21)20(15)14-9-3-6-11-5-1-2-7-12(11)14/h1-10H,(H,19,21). The van der Waals surface area contributed by atoms with Gasteiger partial charge in [0.1, 0.15) is 0 Å². The first-order valence-electron chi connectivity index (χ1n) is 6.63. The summed E-state index contributed by atoms with van der Waals surface area (Å²) in [7, 11) is 0. The number of nitrogens with zero attached hydrogens (tertiary/aromatic N) is 1. The second kappa shape index (κ2) is 4.72. The Balaban J connectivity index is 2.17. The highest BCUT2D eigenvalue weighted by molar-refractivity contribution is 7.71. The highest BCUT2D eigenvalue weighted by Gasteiger charge is 2.10. The van der Waals surface area contributed by atoms with Crippen molar-refractivity contribution in [2.45, 2.75) is 0 Å². The zero-order valence-corrected chi connectivity index (χ0v) is 12.6. The summed E-state index contributed by atoms with van der Waals surface area (Å²) in [6.07, 6.45) is 0. The molecule has 1 N–H and O–H groups in total. The summed E-state index contributed by atoms with van der Waals surface area (Å²) in [5.74, 6) is 0. The molecule has 0 unspecified atom stereocenters. The van der Waals surface area contributed by atoms with Gasteiger partial charge >= 0.3 is 0 Å². The van der Waals surface area contributed by atoms with Gasteiger partial charge in [-0.15, -0.1) is 0 Å². The van der Waals surface area contributed by atoms with Crippen molar-refractivity contribution in [2.75, 3.05) is 0 Å². The number of para-hydroxylation sites is 1. The van der Waals surface area contributed by atoms with Crippen LogP contribution in [0.4, 0.5) is 0 Å². The Labute approximate surface area is 131 Å². The monoisotopic (exact) mass is 310 g/mol. The van der Waals surface area contributed by atoms with Crippen molar-refractivity contribution in [3.63, 3.8) is 0 Å². The molecule has 0 atom stereocenters. The Morgan fingerprint density at radius 2 is 1.67 bits per heavy atom. The first-order valence-corrected chi connectivity index (χ1v) is 7.42. The van der Waals surface area contributed by atoms with Crippen LogP contribution in [0.5, 0.6) is 0 Å². The molecule has 0 spiro atoms. The summed E-state index contributed by atoms with van der Waals surface area (Å²) in [6, 6.07) is 20.3. The third-order valence-electron chi connectivity index (χ3n) is 3.68. The van der Waals surface area contributed by atoms with E-state index < -0.39 is 0 Å². The van der Waals surface area contributed by atoms with Gasteiger partial charge in [0.05, 0.1) is 21.7 Å². The van der Waals surface area contributed by atoms with Crippen molar-refractivity contribution in [1.82, 2.24) is 9.55 Å². The van der Waals surface area contributed by atoms with Crippen molar-refractivity contribution in [3.05, 3.63) is 70.5 Å². The molecule has 0 aliphatic rings. The van der Waals surface area contributed by atoms with Crippen molar-refractivity contribution in [3.8, 4) is 5.69 Å². The van der Waals surface area contributed by atoms with Crippen molar-refractivity contribution in [1.29, 1.82) is 0 Å². The number of rotatable bonds is 1. The van der Waals surface area contributed by atoms with E-state index in [1.54, 1.807) is 0 Å². The van der Waals surface area contributed by atoms with E-state index in [-0.39, 0.29) is 0 Å². The van der Waals surface area contributed by atoms with Crippen LogP contribution in [0.2, 0.25) is 5.02 Å². The van der Waals surface area contributed by atoms with Crippen LogP contribution in [0.25, 0.3) is 27.5 Å². The number of hydrogen-bond acceptors (Lipinski definition) is 1. The van der Waals surface area contributed by atoms with Crippen LogP contribution in [-0.2, 0) is 0 Å². The molecule has 0 saturated heterocycles. The molecule has 4 aromatic rings. The average molecular weight is 311 g/mol. The van der Waals surface area contributed by atoms with Gasteiger partial charge in [-0.3, -0.25) is 4.57 Å². The molecule has 21 heavy (non-hydrogen) atoms. The van der Waals surface area contributed by atoms with Crippen molar-refractivity contribution < 1.29 is 0 Å². The molecule has 1 aromatic heterocycles. The predicted octanol–water partition coefficient (Wildman–Crippen LogP) is 5.49. The fourth-order valence-corrected chi connectivity index (χ4v) is 3.25. The van der Waals surface area contributed by atoms with Crippen LogP contribution in [0.3, 0.4) is 0 Å². The smallest absolute Gasteiger partial charge is 0.182 e. The number of H-pyrrole nitrogens is 1. The van der Waals surface area contributed by atoms with E-state index in [1.165, 1.54) is 5.39 Å². The maximum Gasteiger partial charge on any atom is 0.182 e. The fraction of sp³-hybridized carbons (Fsp3) is 0. The zero-order chi connectivity index (χ0) is 14.4. The minimum atomic E-state index is 0.648. The summed E-state index contributed by atoms with van der Waals surface area (Å²) in [5.41, 5.74) is 2.92. The lowest BCUT2D eigenvalue weighted by atomic mass is 10.1. The van der Waals surface area contributed by atoms with Gasteiger partial charge in [0.15, 0.2) is 4.77 Å². The molecule has 4 heteroatoms. The number of hydrogen-bond donors (Lipinski definition) is 1. The molecule has 0 aliphatic carbocycles. The summed E-state index contributed by atoms with van der Waals surface area (Å²) in [4.78, 5) is 3.20. The Morgan fingerprint density at radius 1 is 0.905 bits per heavy atom. The number of fused-ring (bicyclic) bond motifs is 2. The molecular weight excluding hydrogens is 300 g/mol. The minimum absolute atomic E-state index is 0.648. The lowest BCUT2D eigenvalue weighted by Gasteiger charge is -2.09. The molecule has 0 amide bonds. The Morgan fingerprint density at radius 3 is 2.57 bits per heavy atom. The van der Waals surface area contributed by atoms with Gasteiger partial charge in [-0.2, -0.15) is 0 Å². The second-order valence-electron chi connectivity index (χ2n) is 4.90. The van der Waals surface area contributed by atoms with Crippen LogP contribution in [0.15, 0.2) is 60.7 Å². The molecule has 0 saturated carbocycles. The SMILES string of the molecule is S=c1[nH]c2c(Cl)cccc2n1-c1cccc2ccccc12. The van der Waals surface area contributed by atoms with Crippen LogP contribution < -0.4 is 0 Å². The van der Waals surface area contributed by atoms with Crippen molar-refractivity contribution >= 4 is 45.6 Å². The molecule has 1 heterocycles. The van der Waals surface area contributed by atoms with Crippen LogP contribution in [0.1, 0.15) is 0 Å². The van der Waals surface area contributed by atoms with Gasteiger partial charge in [-0.05, 0) is 35.8 Å². The normalized spacial score (nSPS) is 11.3. The van der Waals surface area contributed by atoms with Crippen LogP contribution >= 0.6 is 23.8 Å². The van der Waals surface area contributed by atoms with Gasteiger partial charge in [-0.25, -0.2) is 0 Å². The highest BCUT2D eigenvalue weighted by Crippen LogP contribution is 2.29. The maximum absolute atomic E-state index is 6.26. The first-order chi connectivity index (χ1) is 10.3. The van der Waals surface area contributed by atoms with Gasteiger partial charge in [0, 0.05) is 5.39 Å². The highest BCUT2D eigenvalue weighted by atomic mass is 35.5. The minimum Gasteiger partial charge on any atom is -0.329 e. The number of imidazole rings is 1. The third-order valence-corrected chi connectivity index (χ3v) is 4.27. The van der Waals surface area contributed by atoms with E-state index in [0.29, 0.717) is 9.79 Å². The topological polar surface area (TPSA) is 20.7 Å². The zero-order valence-electron chi connectivity index (χ0n) is 11.0. The van der Waals surface area contributed by atoms with Crippen molar-refractivity contribution in [2.24, 2.45) is 0 Å². The molecule has 0 bridgehead atoms. The molecular formula is C17H11ClN2S. The molecule has 2 nitrogen and oxygen atoms in total. The molecule has 0 fully saturated rings. The van der Waals surface area contributed by atoms with E-state index in [9.17, 15) is 0 Å². The molecule has 102 valence electrons. The van der Waals surface area contributed by atoms with E-state index in [4.69, 9.17) is 23.8 Å². The van der Waals surface area contributed by atoms with Gasteiger partial charge in [0.25, 0.3) is 0 Å². The molecule has 0 radical (unpaired) electrons. The van der Waals surface area contributed by atoms with E-state index >= 15 is 0 Å². The Bertz CT molecular complexity index is 1020. The lowest BCUT2D eigenvalue weighted by molar-refractivity contribution is 1.08. The van der Waals surface area contributed by atoms with Gasteiger partial charge in [0.2, 0.25) is 0 Å². The molecule has 3 aromatic carbocycles.